The molecule has 0 unspecified atom stereocenters. The number of carbonyl (C=O) groups excluding carboxylic acids is 1. The standard InChI is InChI=1S/C10H10N2O2/c1-2-14-10(13)9-8-6-11-4-3-7(8)5-12-9/h3-6,12H,2H2,1H3. The Bertz CT molecular complexity index is 462. The van der Waals surface area contributed by atoms with Gasteiger partial charge in [0.15, 0.2) is 0 Å². The molecule has 0 atom stereocenters. The monoisotopic (exact) mass is 190 g/mol. The molecule has 0 aliphatic rings. The number of fused-ring (bicyclic) bond motifs is 1. The van der Waals surface area contributed by atoms with Crippen molar-refractivity contribution in [3.8, 4) is 0 Å². The fraction of sp³-hybridized carbons (Fsp3) is 0.200. The van der Waals surface area contributed by atoms with E-state index in [0.717, 1.165) is 10.8 Å². The van der Waals surface area contributed by atoms with Crippen LogP contribution in [0.1, 0.15) is 17.4 Å². The second kappa shape index (κ2) is 3.49. The van der Waals surface area contributed by atoms with Crippen molar-refractivity contribution < 1.29 is 9.53 Å². The number of pyridine rings is 1. The molecule has 0 bridgehead atoms. The van der Waals surface area contributed by atoms with Crippen LogP contribution in [-0.2, 0) is 4.74 Å². The molecule has 2 heterocycles. The molecule has 0 aliphatic heterocycles. The highest BCUT2D eigenvalue weighted by Gasteiger charge is 2.12. The van der Waals surface area contributed by atoms with E-state index >= 15 is 0 Å². The Kier molecular flexibility index (Phi) is 2.18. The summed E-state index contributed by atoms with van der Waals surface area (Å²) in [7, 11) is 0. The molecule has 4 heteroatoms. The number of rotatable bonds is 2. The zero-order valence-electron chi connectivity index (χ0n) is 7.78. The summed E-state index contributed by atoms with van der Waals surface area (Å²) in [6.45, 7) is 2.15. The van der Waals surface area contributed by atoms with Crippen LogP contribution in [0.5, 0.6) is 0 Å². The number of hydrogen-bond donors (Lipinski definition) is 1. The molecule has 2 aromatic heterocycles. The third-order valence-electron chi connectivity index (χ3n) is 1.98. The van der Waals surface area contributed by atoms with Crippen LogP contribution in [0.3, 0.4) is 0 Å². The van der Waals surface area contributed by atoms with Gasteiger partial charge < -0.3 is 9.72 Å². The summed E-state index contributed by atoms with van der Waals surface area (Å²) < 4.78 is 4.90. The number of hydrogen-bond acceptors (Lipinski definition) is 3. The molecule has 72 valence electrons. The molecule has 0 aromatic carbocycles. The lowest BCUT2D eigenvalue weighted by Gasteiger charge is -1.98. The van der Waals surface area contributed by atoms with Crippen LogP contribution in [0.25, 0.3) is 10.8 Å². The molecule has 1 N–H and O–H groups in total. The first-order valence-electron chi connectivity index (χ1n) is 4.41. The van der Waals surface area contributed by atoms with E-state index < -0.39 is 0 Å². The van der Waals surface area contributed by atoms with Crippen molar-refractivity contribution >= 4 is 16.7 Å². The highest BCUT2D eigenvalue weighted by Crippen LogP contribution is 2.16. The minimum Gasteiger partial charge on any atom is -0.461 e. The van der Waals surface area contributed by atoms with Gasteiger partial charge in [0, 0.05) is 29.4 Å². The molecule has 0 aliphatic carbocycles. The Labute approximate surface area is 80.9 Å². The van der Waals surface area contributed by atoms with Gasteiger partial charge in [0.25, 0.3) is 0 Å². The first-order chi connectivity index (χ1) is 6.83. The molecule has 0 amide bonds. The highest BCUT2D eigenvalue weighted by molar-refractivity contribution is 6.03. The van der Waals surface area contributed by atoms with E-state index in [-0.39, 0.29) is 5.97 Å². The van der Waals surface area contributed by atoms with Crippen molar-refractivity contribution in [2.75, 3.05) is 6.61 Å². The minimum absolute atomic E-state index is 0.337. The van der Waals surface area contributed by atoms with Crippen molar-refractivity contribution in [2.24, 2.45) is 0 Å². The van der Waals surface area contributed by atoms with Crippen molar-refractivity contribution in [3.63, 3.8) is 0 Å². The molecule has 4 nitrogen and oxygen atoms in total. The van der Waals surface area contributed by atoms with Crippen LogP contribution < -0.4 is 0 Å². The first-order valence-corrected chi connectivity index (χ1v) is 4.41. The Morgan fingerprint density at radius 1 is 1.64 bits per heavy atom. The number of aromatic nitrogens is 2. The van der Waals surface area contributed by atoms with E-state index in [1.807, 2.05) is 6.07 Å². The molecule has 2 aromatic rings. The number of carbonyl (C=O) groups is 1. The van der Waals surface area contributed by atoms with E-state index in [2.05, 4.69) is 9.97 Å². The Morgan fingerprint density at radius 3 is 3.29 bits per heavy atom. The van der Waals surface area contributed by atoms with Gasteiger partial charge in [-0.25, -0.2) is 4.79 Å². The summed E-state index contributed by atoms with van der Waals surface area (Å²) in [6, 6.07) is 1.84. The average Bonchev–Trinajstić information content (AvgIpc) is 2.61. The van der Waals surface area contributed by atoms with E-state index in [1.54, 1.807) is 25.5 Å². The molecule has 0 spiro atoms. The summed E-state index contributed by atoms with van der Waals surface area (Å²) in [4.78, 5) is 18.3. The molecule has 14 heavy (non-hydrogen) atoms. The van der Waals surface area contributed by atoms with Gasteiger partial charge in [-0.15, -0.1) is 0 Å². The summed E-state index contributed by atoms with van der Waals surface area (Å²) in [6.07, 6.45) is 5.10. The molecule has 0 saturated carbocycles. The number of nitrogens with zero attached hydrogens (tertiary/aromatic N) is 1. The van der Waals surface area contributed by atoms with Crippen LogP contribution in [0.2, 0.25) is 0 Å². The number of esters is 1. The largest absolute Gasteiger partial charge is 0.461 e. The third-order valence-corrected chi connectivity index (χ3v) is 1.98. The summed E-state index contributed by atoms with van der Waals surface area (Å²) in [5.74, 6) is -0.337. The van der Waals surface area contributed by atoms with E-state index in [1.165, 1.54) is 0 Å². The maximum absolute atomic E-state index is 11.4. The van der Waals surface area contributed by atoms with Gasteiger partial charge >= 0.3 is 5.97 Å². The molecular formula is C10H10N2O2. The second-order valence-electron chi connectivity index (χ2n) is 2.85. The molecular weight excluding hydrogens is 180 g/mol. The van der Waals surface area contributed by atoms with Gasteiger partial charge in [-0.3, -0.25) is 4.98 Å². The van der Waals surface area contributed by atoms with Crippen LogP contribution in [0.4, 0.5) is 0 Å². The molecule has 0 radical (unpaired) electrons. The number of aromatic amines is 1. The Balaban J connectivity index is 2.47. The molecule has 0 fully saturated rings. The first kappa shape index (κ1) is 8.74. The van der Waals surface area contributed by atoms with Gasteiger partial charge in [0.1, 0.15) is 5.69 Å². The lowest BCUT2D eigenvalue weighted by molar-refractivity contribution is 0.0522. The summed E-state index contributed by atoms with van der Waals surface area (Å²) in [5, 5.41) is 1.76. The molecule has 0 saturated heterocycles. The summed E-state index contributed by atoms with van der Waals surface area (Å²) in [5.41, 5.74) is 0.468. The van der Waals surface area contributed by atoms with Gasteiger partial charge in [-0.05, 0) is 13.0 Å². The second-order valence-corrected chi connectivity index (χ2v) is 2.85. The van der Waals surface area contributed by atoms with Crippen molar-refractivity contribution in [2.45, 2.75) is 6.92 Å². The van der Waals surface area contributed by atoms with E-state index in [9.17, 15) is 4.79 Å². The predicted molar refractivity (Wildman–Crippen MR) is 52.1 cm³/mol. The lowest BCUT2D eigenvalue weighted by atomic mass is 10.2. The fourth-order valence-corrected chi connectivity index (χ4v) is 1.34. The van der Waals surface area contributed by atoms with Crippen molar-refractivity contribution in [1.29, 1.82) is 0 Å². The Morgan fingerprint density at radius 2 is 2.50 bits per heavy atom. The highest BCUT2D eigenvalue weighted by atomic mass is 16.5. The van der Waals surface area contributed by atoms with Crippen LogP contribution in [-0.4, -0.2) is 22.5 Å². The van der Waals surface area contributed by atoms with E-state index in [4.69, 9.17) is 4.74 Å². The van der Waals surface area contributed by atoms with Gasteiger partial charge in [0.05, 0.1) is 6.61 Å². The zero-order valence-corrected chi connectivity index (χ0v) is 7.78. The number of ether oxygens (including phenoxy) is 1. The van der Waals surface area contributed by atoms with Crippen molar-refractivity contribution in [1.82, 2.24) is 9.97 Å². The average molecular weight is 190 g/mol. The maximum Gasteiger partial charge on any atom is 0.355 e. The third kappa shape index (κ3) is 1.35. The maximum atomic E-state index is 11.4. The van der Waals surface area contributed by atoms with Crippen LogP contribution in [0.15, 0.2) is 24.7 Å². The fourth-order valence-electron chi connectivity index (χ4n) is 1.34. The van der Waals surface area contributed by atoms with E-state index in [0.29, 0.717) is 12.3 Å². The SMILES string of the molecule is CCOC(=O)c1[nH]cc2ccncc12. The smallest absolute Gasteiger partial charge is 0.355 e. The Hall–Kier alpha value is -1.84. The lowest BCUT2D eigenvalue weighted by Crippen LogP contribution is -2.05. The summed E-state index contributed by atoms with van der Waals surface area (Å²) >= 11 is 0. The number of nitrogens with one attached hydrogen (secondary N) is 1. The minimum atomic E-state index is -0.337. The normalized spacial score (nSPS) is 10.4. The van der Waals surface area contributed by atoms with Crippen molar-refractivity contribution in [3.05, 3.63) is 30.4 Å². The predicted octanol–water partition coefficient (Wildman–Crippen LogP) is 1.74. The number of H-pyrrole nitrogens is 1. The van der Waals surface area contributed by atoms with Gasteiger partial charge in [0.2, 0.25) is 0 Å². The van der Waals surface area contributed by atoms with Gasteiger partial charge in [-0.1, -0.05) is 0 Å². The quantitative estimate of drug-likeness (QED) is 0.734. The van der Waals surface area contributed by atoms with Gasteiger partial charge in [-0.2, -0.15) is 0 Å². The molecule has 2 rings (SSSR count). The van der Waals surface area contributed by atoms with Crippen LogP contribution >= 0.6 is 0 Å². The van der Waals surface area contributed by atoms with Crippen LogP contribution in [0, 0.1) is 0 Å². The zero-order chi connectivity index (χ0) is 9.97. The topological polar surface area (TPSA) is 55.0 Å².